The fraction of sp³-hybridized carbons (Fsp3) is 0.182. The van der Waals surface area contributed by atoms with Crippen LogP contribution >= 0.6 is 0 Å². The molecule has 3 rings (SSSR count). The van der Waals surface area contributed by atoms with E-state index < -0.39 is 38.7 Å². The zero-order valence-electron chi connectivity index (χ0n) is 16.3. The summed E-state index contributed by atoms with van der Waals surface area (Å²) in [6.07, 6.45) is 1.72. The summed E-state index contributed by atoms with van der Waals surface area (Å²) in [5, 5.41) is 2.78. The van der Waals surface area contributed by atoms with E-state index in [9.17, 15) is 17.6 Å². The van der Waals surface area contributed by atoms with Crippen LogP contribution in [-0.2, 0) is 21.2 Å². The number of benzene rings is 2. The highest BCUT2D eigenvalue weighted by Crippen LogP contribution is 2.16. The number of hydrogen-bond acceptors (Lipinski definition) is 4. The molecule has 3 aromatic rings. The van der Waals surface area contributed by atoms with Crippen molar-refractivity contribution in [2.24, 2.45) is 0 Å². The molecule has 2 atom stereocenters. The highest BCUT2D eigenvalue weighted by molar-refractivity contribution is 7.89. The van der Waals surface area contributed by atoms with Crippen molar-refractivity contribution >= 4 is 15.9 Å². The SMILES string of the molecule is CC(NC(=O)C(Cc1ccccc1)NS(=O)(=O)c1ccccc1F)c1ccccn1. The van der Waals surface area contributed by atoms with Crippen LogP contribution in [0, 0.1) is 5.82 Å². The van der Waals surface area contributed by atoms with Crippen molar-refractivity contribution in [1.82, 2.24) is 15.0 Å². The number of nitrogens with one attached hydrogen (secondary N) is 2. The maximum atomic E-state index is 14.1. The minimum absolute atomic E-state index is 0.106. The Kier molecular flexibility index (Phi) is 6.91. The van der Waals surface area contributed by atoms with Gasteiger partial charge in [-0.25, -0.2) is 12.8 Å². The van der Waals surface area contributed by atoms with Crippen molar-refractivity contribution in [3.63, 3.8) is 0 Å². The fourth-order valence-electron chi connectivity index (χ4n) is 2.97. The molecular formula is C22H22FN3O3S. The number of rotatable bonds is 8. The number of aromatic nitrogens is 1. The standard InChI is InChI=1S/C22H22FN3O3S/c1-16(19-12-7-8-14-24-19)25-22(27)20(15-17-9-3-2-4-10-17)26-30(28,29)21-13-6-5-11-18(21)23/h2-14,16,20,26H,15H2,1H3,(H,25,27). The Hall–Kier alpha value is -3.10. The van der Waals surface area contributed by atoms with Crippen LogP contribution in [0.1, 0.15) is 24.2 Å². The zero-order chi connectivity index (χ0) is 21.6. The van der Waals surface area contributed by atoms with Gasteiger partial charge in [0.25, 0.3) is 0 Å². The van der Waals surface area contributed by atoms with E-state index in [4.69, 9.17) is 0 Å². The van der Waals surface area contributed by atoms with Crippen molar-refractivity contribution in [2.45, 2.75) is 30.3 Å². The Balaban J connectivity index is 1.84. The van der Waals surface area contributed by atoms with Crippen molar-refractivity contribution in [1.29, 1.82) is 0 Å². The van der Waals surface area contributed by atoms with Gasteiger partial charge in [-0.1, -0.05) is 48.5 Å². The first-order valence-corrected chi connectivity index (χ1v) is 10.9. The van der Waals surface area contributed by atoms with Crippen LogP contribution in [0.4, 0.5) is 4.39 Å². The molecule has 2 unspecified atom stereocenters. The highest BCUT2D eigenvalue weighted by atomic mass is 32.2. The average molecular weight is 428 g/mol. The first kappa shape index (κ1) is 21.6. The maximum absolute atomic E-state index is 14.1. The van der Waals surface area contributed by atoms with Crippen LogP contribution in [0.15, 0.2) is 83.9 Å². The normalized spacial score (nSPS) is 13.4. The molecule has 0 spiro atoms. The number of carbonyl (C=O) groups is 1. The van der Waals surface area contributed by atoms with Crippen molar-refractivity contribution < 1.29 is 17.6 Å². The predicted octanol–water partition coefficient (Wildman–Crippen LogP) is 2.99. The summed E-state index contributed by atoms with van der Waals surface area (Å²) in [5.41, 5.74) is 1.40. The van der Waals surface area contributed by atoms with E-state index in [0.717, 1.165) is 17.7 Å². The molecule has 0 aliphatic carbocycles. The van der Waals surface area contributed by atoms with Gasteiger partial charge in [-0.2, -0.15) is 4.72 Å². The monoisotopic (exact) mass is 427 g/mol. The first-order chi connectivity index (χ1) is 14.4. The Morgan fingerprint density at radius 1 is 1.00 bits per heavy atom. The van der Waals surface area contributed by atoms with E-state index >= 15 is 0 Å². The van der Waals surface area contributed by atoms with E-state index in [1.165, 1.54) is 12.1 Å². The van der Waals surface area contributed by atoms with Crippen molar-refractivity contribution in [2.75, 3.05) is 0 Å². The molecule has 0 aliphatic heterocycles. The second-order valence-electron chi connectivity index (χ2n) is 6.78. The lowest BCUT2D eigenvalue weighted by Gasteiger charge is -2.21. The second kappa shape index (κ2) is 9.60. The number of sulfonamides is 1. The quantitative estimate of drug-likeness (QED) is 0.579. The maximum Gasteiger partial charge on any atom is 0.244 e. The number of amides is 1. The van der Waals surface area contributed by atoms with E-state index in [0.29, 0.717) is 5.69 Å². The molecular weight excluding hydrogens is 405 g/mol. The Morgan fingerprint density at radius 2 is 1.67 bits per heavy atom. The predicted molar refractivity (Wildman–Crippen MR) is 111 cm³/mol. The Labute approximate surface area is 175 Å². The highest BCUT2D eigenvalue weighted by Gasteiger charge is 2.28. The molecule has 156 valence electrons. The molecule has 0 aliphatic rings. The van der Waals surface area contributed by atoms with Gasteiger partial charge in [0.2, 0.25) is 15.9 Å². The number of pyridine rings is 1. The van der Waals surface area contributed by atoms with Crippen LogP contribution in [0.3, 0.4) is 0 Å². The molecule has 30 heavy (non-hydrogen) atoms. The van der Waals surface area contributed by atoms with Crippen molar-refractivity contribution in [3.8, 4) is 0 Å². The fourth-order valence-corrected chi connectivity index (χ4v) is 4.25. The molecule has 6 nitrogen and oxygen atoms in total. The van der Waals surface area contributed by atoms with Gasteiger partial charge in [0.15, 0.2) is 0 Å². The number of halogens is 1. The molecule has 8 heteroatoms. The Morgan fingerprint density at radius 3 is 2.33 bits per heavy atom. The summed E-state index contributed by atoms with van der Waals surface area (Å²) < 4.78 is 42.0. The summed E-state index contributed by atoms with van der Waals surface area (Å²) in [5.74, 6) is -1.41. The Bertz CT molecular complexity index is 1090. The van der Waals surface area contributed by atoms with Crippen LogP contribution in [0.5, 0.6) is 0 Å². The molecule has 1 heterocycles. The molecule has 2 aromatic carbocycles. The minimum Gasteiger partial charge on any atom is -0.347 e. The third-order valence-corrected chi connectivity index (χ3v) is 6.02. The van der Waals surface area contributed by atoms with Crippen LogP contribution < -0.4 is 10.0 Å². The van der Waals surface area contributed by atoms with Crippen molar-refractivity contribution in [3.05, 3.63) is 96.1 Å². The van der Waals surface area contributed by atoms with Gasteiger partial charge in [0.1, 0.15) is 16.8 Å². The van der Waals surface area contributed by atoms with Gasteiger partial charge < -0.3 is 5.32 Å². The number of hydrogen-bond donors (Lipinski definition) is 2. The van der Waals surface area contributed by atoms with E-state index in [2.05, 4.69) is 15.0 Å². The molecule has 0 fully saturated rings. The van der Waals surface area contributed by atoms with Gasteiger partial charge in [-0.15, -0.1) is 0 Å². The third-order valence-electron chi connectivity index (χ3n) is 4.51. The third kappa shape index (κ3) is 5.49. The molecule has 0 bridgehead atoms. The molecule has 0 saturated carbocycles. The summed E-state index contributed by atoms with van der Waals surface area (Å²) in [6, 6.07) is 17.8. The lowest BCUT2D eigenvalue weighted by Crippen LogP contribution is -2.48. The second-order valence-corrected chi connectivity index (χ2v) is 8.46. The number of carbonyl (C=O) groups excluding carboxylic acids is 1. The van der Waals surface area contributed by atoms with Crippen LogP contribution in [0.2, 0.25) is 0 Å². The van der Waals surface area contributed by atoms with E-state index in [-0.39, 0.29) is 6.42 Å². The molecule has 0 saturated heterocycles. The smallest absolute Gasteiger partial charge is 0.244 e. The van der Waals surface area contributed by atoms with Crippen LogP contribution in [0.25, 0.3) is 0 Å². The van der Waals surface area contributed by atoms with E-state index in [1.807, 2.05) is 6.07 Å². The van der Waals surface area contributed by atoms with Gasteiger partial charge in [-0.3, -0.25) is 9.78 Å². The molecule has 2 N–H and O–H groups in total. The lowest BCUT2D eigenvalue weighted by molar-refractivity contribution is -0.123. The molecule has 1 aromatic heterocycles. The lowest BCUT2D eigenvalue weighted by atomic mass is 10.1. The van der Waals surface area contributed by atoms with Gasteiger partial charge >= 0.3 is 0 Å². The first-order valence-electron chi connectivity index (χ1n) is 9.39. The van der Waals surface area contributed by atoms with Gasteiger partial charge in [0, 0.05) is 6.20 Å². The number of nitrogens with zero attached hydrogens (tertiary/aromatic N) is 1. The zero-order valence-corrected chi connectivity index (χ0v) is 17.1. The molecule has 0 radical (unpaired) electrons. The summed E-state index contributed by atoms with van der Waals surface area (Å²) in [7, 11) is -4.26. The van der Waals surface area contributed by atoms with E-state index in [1.54, 1.807) is 55.6 Å². The summed E-state index contributed by atoms with van der Waals surface area (Å²) >= 11 is 0. The summed E-state index contributed by atoms with van der Waals surface area (Å²) in [6.45, 7) is 1.76. The van der Waals surface area contributed by atoms with Gasteiger partial charge in [-0.05, 0) is 43.2 Å². The minimum atomic E-state index is -4.26. The molecule has 1 amide bonds. The summed E-state index contributed by atoms with van der Waals surface area (Å²) in [4.78, 5) is 16.7. The van der Waals surface area contributed by atoms with Crippen LogP contribution in [-0.4, -0.2) is 25.4 Å². The largest absolute Gasteiger partial charge is 0.347 e. The van der Waals surface area contributed by atoms with Gasteiger partial charge in [0.05, 0.1) is 11.7 Å². The topological polar surface area (TPSA) is 88.2 Å². The average Bonchev–Trinajstić information content (AvgIpc) is 2.74.